The summed E-state index contributed by atoms with van der Waals surface area (Å²) in [7, 11) is 0. The predicted octanol–water partition coefficient (Wildman–Crippen LogP) is 3.96. The van der Waals surface area contributed by atoms with Gasteiger partial charge in [-0.05, 0) is 42.5 Å². The maximum atomic E-state index is 13.3. The van der Waals surface area contributed by atoms with Crippen molar-refractivity contribution in [1.82, 2.24) is 4.90 Å². The molecule has 2 aromatic carbocycles. The number of amides is 2. The minimum Gasteiger partial charge on any atom is -0.449 e. The third-order valence-corrected chi connectivity index (χ3v) is 6.02. The smallest absolute Gasteiger partial charge is 0.291 e. The van der Waals surface area contributed by atoms with Gasteiger partial charge in [0.25, 0.3) is 5.91 Å². The van der Waals surface area contributed by atoms with Crippen molar-refractivity contribution in [1.29, 1.82) is 0 Å². The van der Waals surface area contributed by atoms with Crippen LogP contribution in [0, 0.1) is 0 Å². The largest absolute Gasteiger partial charge is 0.449 e. The van der Waals surface area contributed by atoms with E-state index in [2.05, 4.69) is 11.4 Å². The molecule has 2 heterocycles. The van der Waals surface area contributed by atoms with Crippen molar-refractivity contribution in [3.63, 3.8) is 0 Å². The molecule has 30 heavy (non-hydrogen) atoms. The first-order chi connectivity index (χ1) is 14.7. The van der Waals surface area contributed by atoms with Gasteiger partial charge in [0.05, 0.1) is 19.1 Å². The van der Waals surface area contributed by atoms with Crippen molar-refractivity contribution in [3.8, 4) is 0 Å². The van der Waals surface area contributed by atoms with E-state index in [0.29, 0.717) is 37.6 Å². The number of hydrogen-bond acceptors (Lipinski definition) is 4. The van der Waals surface area contributed by atoms with Crippen LogP contribution in [0.15, 0.2) is 52.9 Å². The summed E-state index contributed by atoms with van der Waals surface area (Å²) < 4.78 is 11.3. The molecular formula is C24H24N2O4. The highest BCUT2D eigenvalue weighted by Crippen LogP contribution is 2.36. The number of carbonyl (C=O) groups is 2. The Morgan fingerprint density at radius 2 is 1.77 bits per heavy atom. The molecule has 0 bridgehead atoms. The van der Waals surface area contributed by atoms with Gasteiger partial charge in [-0.1, -0.05) is 36.4 Å². The fourth-order valence-electron chi connectivity index (χ4n) is 4.47. The summed E-state index contributed by atoms with van der Waals surface area (Å²) >= 11 is 0. The van der Waals surface area contributed by atoms with Crippen molar-refractivity contribution >= 4 is 28.5 Å². The van der Waals surface area contributed by atoms with Crippen molar-refractivity contribution < 1.29 is 18.7 Å². The Morgan fingerprint density at radius 1 is 1.00 bits per heavy atom. The normalized spacial score (nSPS) is 18.8. The zero-order valence-corrected chi connectivity index (χ0v) is 16.7. The summed E-state index contributed by atoms with van der Waals surface area (Å²) in [5.74, 6) is -0.343. The molecular weight excluding hydrogens is 380 g/mol. The quantitative estimate of drug-likeness (QED) is 0.717. The number of anilines is 1. The first kappa shape index (κ1) is 18.9. The molecule has 1 atom stereocenters. The SMILES string of the molecule is O=C(Nc1c(C(=O)N2CCOCC2)oc2ccccc12)C1CCCc2ccccc21. The fourth-order valence-corrected chi connectivity index (χ4v) is 4.47. The van der Waals surface area contributed by atoms with Crippen LogP contribution in [0.4, 0.5) is 5.69 Å². The summed E-state index contributed by atoms with van der Waals surface area (Å²) in [5, 5.41) is 3.79. The second-order valence-electron chi connectivity index (χ2n) is 7.84. The third kappa shape index (κ3) is 3.37. The van der Waals surface area contributed by atoms with Crippen LogP contribution in [0.2, 0.25) is 0 Å². The second-order valence-corrected chi connectivity index (χ2v) is 7.84. The van der Waals surface area contributed by atoms with Gasteiger partial charge in [0.1, 0.15) is 11.3 Å². The van der Waals surface area contributed by atoms with Crippen molar-refractivity contribution in [3.05, 3.63) is 65.4 Å². The van der Waals surface area contributed by atoms with Gasteiger partial charge in [-0.2, -0.15) is 0 Å². The Morgan fingerprint density at radius 3 is 2.63 bits per heavy atom. The lowest BCUT2D eigenvalue weighted by atomic mass is 9.82. The molecule has 6 nitrogen and oxygen atoms in total. The molecule has 1 saturated heterocycles. The van der Waals surface area contributed by atoms with E-state index in [1.54, 1.807) is 4.90 Å². The van der Waals surface area contributed by atoms with Crippen LogP contribution in [0.1, 0.15) is 40.4 Å². The maximum absolute atomic E-state index is 13.3. The summed E-state index contributed by atoms with van der Waals surface area (Å²) in [6.07, 6.45) is 2.77. The molecule has 2 aliphatic rings. The lowest BCUT2D eigenvalue weighted by Crippen LogP contribution is -2.40. The number of rotatable bonds is 3. The number of nitrogens with one attached hydrogen (secondary N) is 1. The van der Waals surface area contributed by atoms with Gasteiger partial charge in [-0.3, -0.25) is 9.59 Å². The van der Waals surface area contributed by atoms with Crippen LogP contribution in [0.5, 0.6) is 0 Å². The third-order valence-electron chi connectivity index (χ3n) is 6.02. The highest BCUT2D eigenvalue weighted by atomic mass is 16.5. The molecule has 6 heteroatoms. The highest BCUT2D eigenvalue weighted by molar-refractivity contribution is 6.11. The van der Waals surface area contributed by atoms with Gasteiger partial charge in [-0.25, -0.2) is 0 Å². The van der Waals surface area contributed by atoms with E-state index in [-0.39, 0.29) is 23.5 Å². The molecule has 1 N–H and O–H groups in total. The number of ether oxygens (including phenoxy) is 1. The Kier molecular flexibility index (Phi) is 5.01. The molecule has 5 rings (SSSR count). The monoisotopic (exact) mass is 404 g/mol. The van der Waals surface area contributed by atoms with Crippen LogP contribution in [0.25, 0.3) is 11.0 Å². The topological polar surface area (TPSA) is 71.8 Å². The van der Waals surface area contributed by atoms with Crippen LogP contribution in [0.3, 0.4) is 0 Å². The Hall–Kier alpha value is -3.12. The first-order valence-electron chi connectivity index (χ1n) is 10.5. The molecule has 2 amide bonds. The van der Waals surface area contributed by atoms with Crippen molar-refractivity contribution in [2.45, 2.75) is 25.2 Å². The summed E-state index contributed by atoms with van der Waals surface area (Å²) in [4.78, 5) is 28.2. The lowest BCUT2D eigenvalue weighted by molar-refractivity contribution is -0.117. The molecule has 1 aromatic heterocycles. The summed E-state index contributed by atoms with van der Waals surface area (Å²) in [6, 6.07) is 15.6. The van der Waals surface area contributed by atoms with E-state index in [0.717, 1.165) is 30.2 Å². The molecule has 1 aliphatic carbocycles. The van der Waals surface area contributed by atoms with Gasteiger partial charge >= 0.3 is 0 Å². The van der Waals surface area contributed by atoms with Gasteiger partial charge in [0, 0.05) is 18.5 Å². The zero-order chi connectivity index (χ0) is 20.5. The van der Waals surface area contributed by atoms with Gasteiger partial charge in [-0.15, -0.1) is 0 Å². The number of carbonyl (C=O) groups excluding carboxylic acids is 2. The van der Waals surface area contributed by atoms with Crippen molar-refractivity contribution in [2.75, 3.05) is 31.6 Å². The first-order valence-corrected chi connectivity index (χ1v) is 10.5. The van der Waals surface area contributed by atoms with Crippen LogP contribution < -0.4 is 5.32 Å². The minimum atomic E-state index is -0.227. The maximum Gasteiger partial charge on any atom is 0.291 e. The van der Waals surface area contributed by atoms with Gasteiger partial charge < -0.3 is 19.4 Å². The average molecular weight is 404 g/mol. The standard InChI is InChI=1S/C24H24N2O4/c27-23(18-10-5-7-16-6-1-2-8-17(16)18)25-21-19-9-3-4-11-20(19)30-22(21)24(28)26-12-14-29-15-13-26/h1-4,6,8-9,11,18H,5,7,10,12-15H2,(H,25,27). The summed E-state index contributed by atoms with van der Waals surface area (Å²) in [6.45, 7) is 2.04. The molecule has 1 unspecified atom stereocenters. The number of benzene rings is 2. The predicted molar refractivity (Wildman–Crippen MR) is 114 cm³/mol. The van der Waals surface area contributed by atoms with Gasteiger partial charge in [0.15, 0.2) is 0 Å². The van der Waals surface area contributed by atoms with E-state index in [1.165, 1.54) is 5.56 Å². The summed E-state index contributed by atoms with van der Waals surface area (Å²) in [5.41, 5.74) is 3.37. The molecule has 0 radical (unpaired) electrons. The van der Waals surface area contributed by atoms with Crippen LogP contribution in [-0.4, -0.2) is 43.0 Å². The van der Waals surface area contributed by atoms with E-state index in [4.69, 9.17) is 9.15 Å². The number of hydrogen-bond donors (Lipinski definition) is 1. The molecule has 1 fully saturated rings. The number of morpholine rings is 1. The van der Waals surface area contributed by atoms with E-state index < -0.39 is 0 Å². The van der Waals surface area contributed by atoms with Crippen LogP contribution in [-0.2, 0) is 16.0 Å². The number of fused-ring (bicyclic) bond motifs is 2. The highest BCUT2D eigenvalue weighted by Gasteiger charge is 2.31. The van der Waals surface area contributed by atoms with E-state index in [1.807, 2.05) is 42.5 Å². The zero-order valence-electron chi connectivity index (χ0n) is 16.7. The molecule has 0 spiro atoms. The van der Waals surface area contributed by atoms with Gasteiger partial charge in [0.2, 0.25) is 11.7 Å². The average Bonchev–Trinajstić information content (AvgIpc) is 3.17. The fraction of sp³-hybridized carbons (Fsp3) is 0.333. The molecule has 154 valence electrons. The van der Waals surface area contributed by atoms with Crippen LogP contribution >= 0.6 is 0 Å². The minimum absolute atomic E-state index is 0.0928. The second kappa shape index (κ2) is 7.95. The Bertz CT molecular complexity index is 1100. The number of furan rings is 1. The number of aryl methyl sites for hydroxylation is 1. The molecule has 0 saturated carbocycles. The Labute approximate surface area is 174 Å². The molecule has 3 aromatic rings. The lowest BCUT2D eigenvalue weighted by Gasteiger charge is -2.27. The molecule has 1 aliphatic heterocycles. The number of para-hydroxylation sites is 1. The van der Waals surface area contributed by atoms with Crippen molar-refractivity contribution in [2.24, 2.45) is 0 Å². The van der Waals surface area contributed by atoms with E-state index >= 15 is 0 Å². The van der Waals surface area contributed by atoms with E-state index in [9.17, 15) is 9.59 Å². The number of nitrogens with zero attached hydrogens (tertiary/aromatic N) is 1. The Balaban J connectivity index is 1.49.